The maximum absolute atomic E-state index is 5.68. The summed E-state index contributed by atoms with van der Waals surface area (Å²) in [4.78, 5) is 9.33. The monoisotopic (exact) mass is 427 g/mol. The van der Waals surface area contributed by atoms with Gasteiger partial charge in [-0.05, 0) is 30.5 Å². The molecule has 0 spiro atoms. The molecule has 0 amide bonds. The van der Waals surface area contributed by atoms with Crippen LogP contribution < -0.4 is 10.1 Å². The third kappa shape index (κ3) is 5.19. The number of hydrogen-bond donors (Lipinski definition) is 1. The van der Waals surface area contributed by atoms with E-state index in [1.807, 2.05) is 13.1 Å². The van der Waals surface area contributed by atoms with E-state index in [4.69, 9.17) is 14.0 Å². The van der Waals surface area contributed by atoms with E-state index in [2.05, 4.69) is 49.5 Å². The molecule has 2 aromatic rings. The van der Waals surface area contributed by atoms with E-state index in [9.17, 15) is 0 Å². The minimum Gasteiger partial charge on any atom is -0.497 e. The molecule has 1 aromatic heterocycles. The molecule has 0 saturated carbocycles. The molecule has 8 nitrogen and oxygen atoms in total. The highest BCUT2D eigenvalue weighted by molar-refractivity contribution is 5.80. The number of aromatic nitrogens is 1. The van der Waals surface area contributed by atoms with Crippen molar-refractivity contribution in [3.05, 3.63) is 47.9 Å². The van der Waals surface area contributed by atoms with Crippen molar-refractivity contribution in [2.75, 3.05) is 60.1 Å². The molecule has 168 valence electrons. The molecule has 31 heavy (non-hydrogen) atoms. The van der Waals surface area contributed by atoms with Crippen LogP contribution in [0.1, 0.15) is 24.1 Å². The van der Waals surface area contributed by atoms with Crippen molar-refractivity contribution in [1.82, 2.24) is 20.3 Å². The van der Waals surface area contributed by atoms with Gasteiger partial charge < -0.3 is 24.2 Å². The van der Waals surface area contributed by atoms with Crippen LogP contribution in [0, 0.1) is 0 Å². The summed E-state index contributed by atoms with van der Waals surface area (Å²) in [6.45, 7) is 7.08. The summed E-state index contributed by atoms with van der Waals surface area (Å²) >= 11 is 0. The van der Waals surface area contributed by atoms with Gasteiger partial charge in [-0.15, -0.1) is 0 Å². The number of nitrogens with zero attached hydrogens (tertiary/aromatic N) is 4. The molecule has 1 N–H and O–H groups in total. The van der Waals surface area contributed by atoms with Crippen LogP contribution in [0.4, 0.5) is 0 Å². The average molecular weight is 428 g/mol. The predicted octanol–water partition coefficient (Wildman–Crippen LogP) is 2.12. The van der Waals surface area contributed by atoms with Crippen LogP contribution in [0.25, 0.3) is 0 Å². The lowest BCUT2D eigenvalue weighted by Crippen LogP contribution is -2.54. The Labute approximate surface area is 184 Å². The number of hydrogen-bond acceptors (Lipinski definition) is 6. The Morgan fingerprint density at radius 2 is 1.87 bits per heavy atom. The van der Waals surface area contributed by atoms with Gasteiger partial charge in [0.15, 0.2) is 5.96 Å². The molecule has 0 bridgehead atoms. The van der Waals surface area contributed by atoms with Gasteiger partial charge in [0, 0.05) is 71.0 Å². The molecule has 0 unspecified atom stereocenters. The molecule has 4 rings (SSSR count). The lowest BCUT2D eigenvalue weighted by molar-refractivity contribution is 0.0510. The smallest absolute Gasteiger partial charge is 0.193 e. The van der Waals surface area contributed by atoms with E-state index in [-0.39, 0.29) is 5.41 Å². The van der Waals surface area contributed by atoms with Crippen molar-refractivity contribution in [2.45, 2.75) is 24.8 Å². The number of methoxy groups -OCH3 is 1. The van der Waals surface area contributed by atoms with E-state index in [1.165, 1.54) is 5.56 Å². The second kappa shape index (κ2) is 10.2. The summed E-state index contributed by atoms with van der Waals surface area (Å²) in [6, 6.07) is 10.4. The van der Waals surface area contributed by atoms with Crippen molar-refractivity contribution in [3.8, 4) is 5.75 Å². The molecule has 2 saturated heterocycles. The van der Waals surface area contributed by atoms with Crippen molar-refractivity contribution in [2.24, 2.45) is 4.99 Å². The number of guanidine groups is 1. The Hall–Kier alpha value is -2.58. The fourth-order valence-electron chi connectivity index (χ4n) is 4.52. The fraction of sp³-hybridized carbons (Fsp3) is 0.565. The Bertz CT molecular complexity index is 823. The zero-order valence-electron chi connectivity index (χ0n) is 18.5. The first-order valence-electron chi connectivity index (χ1n) is 11.0. The maximum atomic E-state index is 5.68. The van der Waals surface area contributed by atoms with Gasteiger partial charge >= 0.3 is 0 Å². The standard InChI is InChI=1S/C23H33N5O3/c1-24-22(28-12-10-27(11-13-28)17-20-7-14-31-26-20)25-18-23(8-15-30-16-9-23)19-3-5-21(29-2)6-4-19/h3-7,14H,8-13,15-18H2,1-2H3,(H,24,25). The first-order valence-corrected chi connectivity index (χ1v) is 11.0. The predicted molar refractivity (Wildman–Crippen MR) is 119 cm³/mol. The van der Waals surface area contributed by atoms with Gasteiger partial charge in [-0.3, -0.25) is 9.89 Å². The molecule has 0 atom stereocenters. The molecule has 1 aromatic carbocycles. The second-order valence-electron chi connectivity index (χ2n) is 8.28. The number of ether oxygens (including phenoxy) is 2. The van der Waals surface area contributed by atoms with Crippen molar-refractivity contribution >= 4 is 5.96 Å². The summed E-state index contributed by atoms with van der Waals surface area (Å²) < 4.78 is 16.0. The van der Waals surface area contributed by atoms with Gasteiger partial charge in [0.25, 0.3) is 0 Å². The zero-order chi connectivity index (χ0) is 21.5. The molecule has 3 heterocycles. The van der Waals surface area contributed by atoms with Gasteiger partial charge in [-0.1, -0.05) is 17.3 Å². The number of rotatable bonds is 6. The van der Waals surface area contributed by atoms with Gasteiger partial charge in [0.1, 0.15) is 12.0 Å². The number of aliphatic imine (C=N–C) groups is 1. The first kappa shape index (κ1) is 21.6. The molecular formula is C23H33N5O3. The van der Waals surface area contributed by atoms with Crippen LogP contribution in [-0.4, -0.2) is 81.0 Å². The minimum absolute atomic E-state index is 0.0369. The highest BCUT2D eigenvalue weighted by Gasteiger charge is 2.35. The lowest BCUT2D eigenvalue weighted by atomic mass is 9.74. The number of benzene rings is 1. The fourth-order valence-corrected chi connectivity index (χ4v) is 4.52. The highest BCUT2D eigenvalue weighted by atomic mass is 16.5. The summed E-state index contributed by atoms with van der Waals surface area (Å²) in [5.74, 6) is 1.86. The largest absolute Gasteiger partial charge is 0.497 e. The van der Waals surface area contributed by atoms with Crippen LogP contribution in [-0.2, 0) is 16.7 Å². The van der Waals surface area contributed by atoms with E-state index >= 15 is 0 Å². The molecule has 2 aliphatic rings. The number of piperazine rings is 1. The van der Waals surface area contributed by atoms with Crippen molar-refractivity contribution in [3.63, 3.8) is 0 Å². The molecule has 2 aliphatic heterocycles. The third-order valence-electron chi connectivity index (χ3n) is 6.50. The Morgan fingerprint density at radius 3 is 2.48 bits per heavy atom. The summed E-state index contributed by atoms with van der Waals surface area (Å²) in [6.07, 6.45) is 3.62. The van der Waals surface area contributed by atoms with Gasteiger partial charge in [0.2, 0.25) is 0 Å². The Balaban J connectivity index is 1.37. The van der Waals surface area contributed by atoms with Crippen LogP contribution >= 0.6 is 0 Å². The minimum atomic E-state index is 0.0369. The van der Waals surface area contributed by atoms with Crippen LogP contribution in [0.5, 0.6) is 5.75 Å². The third-order valence-corrected chi connectivity index (χ3v) is 6.50. The van der Waals surface area contributed by atoms with E-state index in [1.54, 1.807) is 13.4 Å². The number of nitrogens with one attached hydrogen (secondary N) is 1. The topological polar surface area (TPSA) is 75.4 Å². The van der Waals surface area contributed by atoms with Crippen LogP contribution in [0.2, 0.25) is 0 Å². The normalized spacial score (nSPS) is 19.9. The maximum Gasteiger partial charge on any atom is 0.193 e. The lowest BCUT2D eigenvalue weighted by Gasteiger charge is -2.40. The van der Waals surface area contributed by atoms with Crippen molar-refractivity contribution < 1.29 is 14.0 Å². The molecular weight excluding hydrogens is 394 g/mol. The van der Waals surface area contributed by atoms with Gasteiger partial charge in [0.05, 0.1) is 12.8 Å². The first-order chi connectivity index (χ1) is 15.2. The van der Waals surface area contributed by atoms with Gasteiger partial charge in [-0.25, -0.2) is 0 Å². The molecule has 8 heteroatoms. The van der Waals surface area contributed by atoms with Crippen LogP contribution in [0.15, 0.2) is 46.1 Å². The molecule has 0 radical (unpaired) electrons. The van der Waals surface area contributed by atoms with E-state index in [0.29, 0.717) is 0 Å². The average Bonchev–Trinajstić information content (AvgIpc) is 3.34. The second-order valence-corrected chi connectivity index (χ2v) is 8.28. The van der Waals surface area contributed by atoms with Crippen molar-refractivity contribution in [1.29, 1.82) is 0 Å². The molecule has 2 fully saturated rings. The zero-order valence-corrected chi connectivity index (χ0v) is 18.5. The molecule has 0 aliphatic carbocycles. The quantitative estimate of drug-likeness (QED) is 0.559. The van der Waals surface area contributed by atoms with Crippen LogP contribution in [0.3, 0.4) is 0 Å². The summed E-state index contributed by atoms with van der Waals surface area (Å²) in [5.41, 5.74) is 2.35. The van der Waals surface area contributed by atoms with E-state index in [0.717, 1.165) is 82.7 Å². The Kier molecular flexibility index (Phi) is 7.09. The van der Waals surface area contributed by atoms with E-state index < -0.39 is 0 Å². The summed E-state index contributed by atoms with van der Waals surface area (Å²) in [5, 5.41) is 7.71. The SMILES string of the molecule is CN=C(NCC1(c2ccc(OC)cc2)CCOCC1)N1CCN(Cc2ccon2)CC1. The summed E-state index contributed by atoms with van der Waals surface area (Å²) in [7, 11) is 3.57. The Morgan fingerprint density at radius 1 is 1.13 bits per heavy atom. The van der Waals surface area contributed by atoms with Gasteiger partial charge in [-0.2, -0.15) is 0 Å². The highest BCUT2D eigenvalue weighted by Crippen LogP contribution is 2.35.